The lowest BCUT2D eigenvalue weighted by molar-refractivity contribution is -0.0143. The Morgan fingerprint density at radius 1 is 1.15 bits per heavy atom. The van der Waals surface area contributed by atoms with Crippen LogP contribution < -0.4 is 4.74 Å². The second-order valence-electron chi connectivity index (χ2n) is 9.33. The molecule has 0 aliphatic heterocycles. The van der Waals surface area contributed by atoms with Crippen molar-refractivity contribution in [1.82, 2.24) is 9.97 Å². The van der Waals surface area contributed by atoms with Crippen molar-refractivity contribution < 1.29 is 19.1 Å². The smallest absolute Gasteiger partial charge is 0.430 e. The van der Waals surface area contributed by atoms with Crippen molar-refractivity contribution in [2.24, 2.45) is 17.8 Å². The van der Waals surface area contributed by atoms with E-state index in [4.69, 9.17) is 14.5 Å². The molecule has 1 aliphatic rings. The summed E-state index contributed by atoms with van der Waals surface area (Å²) in [6, 6.07) is 11.5. The molecule has 0 bridgehead atoms. The van der Waals surface area contributed by atoms with Gasteiger partial charge < -0.3 is 9.47 Å². The Kier molecular flexibility index (Phi) is 7.08. The molecule has 0 amide bonds. The molecule has 1 saturated carbocycles. The number of hydrogen-bond donors (Lipinski definition) is 0. The van der Waals surface area contributed by atoms with Crippen LogP contribution in [-0.4, -0.2) is 28.0 Å². The zero-order chi connectivity index (χ0) is 23.5. The van der Waals surface area contributed by atoms with Crippen molar-refractivity contribution in [1.29, 1.82) is 0 Å². The van der Waals surface area contributed by atoms with Gasteiger partial charge in [0.25, 0.3) is 0 Å². The molecule has 6 nitrogen and oxygen atoms in total. The maximum Gasteiger partial charge on any atom is 0.515 e. The maximum atomic E-state index is 12.8. The fourth-order valence-corrected chi connectivity index (χ4v) is 5.40. The Morgan fingerprint density at radius 3 is 2.61 bits per heavy atom. The number of carbonyl (C=O) groups excluding carboxylic acids is 2. The number of Topliss-reactive ketones (excluding diaryl/α,β-unsaturated/α-hetero) is 1. The van der Waals surface area contributed by atoms with Gasteiger partial charge in [-0.3, -0.25) is 4.79 Å². The van der Waals surface area contributed by atoms with Crippen molar-refractivity contribution in [2.75, 3.05) is 0 Å². The molecule has 1 aromatic carbocycles. The summed E-state index contributed by atoms with van der Waals surface area (Å²) in [6.45, 7) is 8.05. The first kappa shape index (κ1) is 23.4. The molecular formula is C26H30N2O4S. The van der Waals surface area contributed by atoms with Crippen LogP contribution in [0.15, 0.2) is 36.4 Å². The number of ketones is 1. The van der Waals surface area contributed by atoms with Crippen LogP contribution in [0.2, 0.25) is 0 Å². The number of hydrogen-bond acceptors (Lipinski definition) is 7. The zero-order valence-electron chi connectivity index (χ0n) is 19.5. The molecule has 2 heterocycles. The number of ether oxygens (including phenoxy) is 2. The third kappa shape index (κ3) is 5.58. The highest BCUT2D eigenvalue weighted by Gasteiger charge is 2.34. The summed E-state index contributed by atoms with van der Waals surface area (Å²) in [5.41, 5.74) is 2.10. The third-order valence-electron chi connectivity index (χ3n) is 6.35. The van der Waals surface area contributed by atoms with E-state index >= 15 is 0 Å². The molecule has 33 heavy (non-hydrogen) atoms. The molecule has 0 unspecified atom stereocenters. The second kappa shape index (κ2) is 10.00. The summed E-state index contributed by atoms with van der Waals surface area (Å²) in [7, 11) is 0. The van der Waals surface area contributed by atoms with E-state index in [1.165, 1.54) is 18.3 Å². The standard InChI is InChI=1S/C26H30N2O4S/c1-15(2)19-11-10-16(3)12-22(19)31-26(30)32-24-20(13-18-8-6-5-7-9-18)28-25-21(27-24)14-23(33-25)17(4)29/h5-9,14-16,19,22H,10-13H2,1-4H3/t16-,19+,22-/m1/s1. The summed E-state index contributed by atoms with van der Waals surface area (Å²) >= 11 is 1.29. The van der Waals surface area contributed by atoms with Gasteiger partial charge in [-0.2, -0.15) is 0 Å². The number of fused-ring (bicyclic) bond motifs is 1. The number of thiophene rings is 1. The van der Waals surface area contributed by atoms with Crippen molar-refractivity contribution in [3.05, 3.63) is 52.5 Å². The van der Waals surface area contributed by atoms with E-state index in [-0.39, 0.29) is 17.8 Å². The fourth-order valence-electron chi connectivity index (χ4n) is 4.51. The minimum absolute atomic E-state index is 0.0440. The topological polar surface area (TPSA) is 78.4 Å². The van der Waals surface area contributed by atoms with Crippen molar-refractivity contribution in [3.63, 3.8) is 0 Å². The first-order valence-electron chi connectivity index (χ1n) is 11.5. The van der Waals surface area contributed by atoms with E-state index in [0.717, 1.165) is 24.8 Å². The van der Waals surface area contributed by atoms with Crippen LogP contribution in [-0.2, 0) is 11.2 Å². The number of aromatic nitrogens is 2. The molecule has 0 spiro atoms. The fraction of sp³-hybridized carbons (Fsp3) is 0.462. The van der Waals surface area contributed by atoms with Crippen LogP contribution in [0.4, 0.5) is 4.79 Å². The van der Waals surface area contributed by atoms with E-state index in [1.807, 2.05) is 30.3 Å². The normalized spacial score (nSPS) is 20.7. The molecule has 3 aromatic rings. The van der Waals surface area contributed by atoms with Gasteiger partial charge in [0.1, 0.15) is 22.1 Å². The SMILES string of the molecule is CC(=O)c1cc2nc(OC(=O)O[C@@H]3C[C@H](C)CC[C@H]3C(C)C)c(Cc3ccccc3)nc2s1. The molecule has 1 aliphatic carbocycles. The molecule has 3 atom stereocenters. The predicted molar refractivity (Wildman–Crippen MR) is 129 cm³/mol. The van der Waals surface area contributed by atoms with Crippen LogP contribution in [0.5, 0.6) is 5.88 Å². The minimum atomic E-state index is -0.746. The lowest BCUT2D eigenvalue weighted by Gasteiger charge is -2.36. The first-order chi connectivity index (χ1) is 15.8. The molecule has 0 radical (unpaired) electrons. The summed E-state index contributed by atoms with van der Waals surface area (Å²) in [5.74, 6) is 1.35. The van der Waals surface area contributed by atoms with E-state index in [9.17, 15) is 9.59 Å². The van der Waals surface area contributed by atoms with Crippen LogP contribution in [0.1, 0.15) is 67.9 Å². The van der Waals surface area contributed by atoms with Crippen molar-refractivity contribution in [2.45, 2.75) is 59.5 Å². The highest BCUT2D eigenvalue weighted by Crippen LogP contribution is 2.36. The summed E-state index contributed by atoms with van der Waals surface area (Å²) in [4.78, 5) is 35.2. The minimum Gasteiger partial charge on any atom is -0.430 e. The third-order valence-corrected chi connectivity index (χ3v) is 7.47. The lowest BCUT2D eigenvalue weighted by atomic mass is 9.75. The number of nitrogens with zero attached hydrogens (tertiary/aromatic N) is 2. The highest BCUT2D eigenvalue weighted by atomic mass is 32.1. The first-order valence-corrected chi connectivity index (χ1v) is 12.4. The Balaban J connectivity index is 1.61. The summed E-state index contributed by atoms with van der Waals surface area (Å²) in [6.07, 6.45) is 2.58. The highest BCUT2D eigenvalue weighted by molar-refractivity contribution is 7.20. The van der Waals surface area contributed by atoms with Gasteiger partial charge in [0.15, 0.2) is 5.78 Å². The molecule has 0 N–H and O–H groups in total. The molecule has 7 heteroatoms. The average Bonchev–Trinajstić information content (AvgIpc) is 3.17. The molecular weight excluding hydrogens is 436 g/mol. The molecule has 0 saturated heterocycles. The maximum absolute atomic E-state index is 12.8. The van der Waals surface area contributed by atoms with E-state index in [1.54, 1.807) is 6.07 Å². The largest absolute Gasteiger partial charge is 0.515 e. The Hall–Kier alpha value is -2.80. The van der Waals surface area contributed by atoms with Gasteiger partial charge in [-0.05, 0) is 49.1 Å². The molecule has 2 aromatic heterocycles. The number of carbonyl (C=O) groups is 2. The summed E-state index contributed by atoms with van der Waals surface area (Å²) in [5, 5.41) is 0. The van der Waals surface area contributed by atoms with Crippen molar-refractivity contribution >= 4 is 33.6 Å². The van der Waals surface area contributed by atoms with Gasteiger partial charge in [0.2, 0.25) is 5.88 Å². The molecule has 1 fully saturated rings. The monoisotopic (exact) mass is 466 g/mol. The van der Waals surface area contributed by atoms with Gasteiger partial charge in [0.05, 0.1) is 4.88 Å². The van der Waals surface area contributed by atoms with Gasteiger partial charge in [-0.15, -0.1) is 11.3 Å². The quantitative estimate of drug-likeness (QED) is 0.306. The Bertz CT molecular complexity index is 1140. The average molecular weight is 467 g/mol. The Labute approximate surface area is 198 Å². The van der Waals surface area contributed by atoms with Gasteiger partial charge in [-0.25, -0.2) is 14.8 Å². The molecule has 174 valence electrons. The van der Waals surface area contributed by atoms with Gasteiger partial charge in [-0.1, -0.05) is 57.5 Å². The number of rotatable bonds is 6. The Morgan fingerprint density at radius 2 is 1.91 bits per heavy atom. The van der Waals surface area contributed by atoms with Gasteiger partial charge >= 0.3 is 6.16 Å². The van der Waals surface area contributed by atoms with Crippen LogP contribution in [0, 0.1) is 17.8 Å². The number of benzene rings is 1. The van der Waals surface area contributed by atoms with Crippen LogP contribution in [0.3, 0.4) is 0 Å². The second-order valence-corrected chi connectivity index (χ2v) is 10.4. The van der Waals surface area contributed by atoms with E-state index in [2.05, 4.69) is 25.8 Å². The predicted octanol–water partition coefficient (Wildman–Crippen LogP) is 6.46. The lowest BCUT2D eigenvalue weighted by Crippen LogP contribution is -2.36. The van der Waals surface area contributed by atoms with Crippen molar-refractivity contribution in [3.8, 4) is 5.88 Å². The van der Waals surface area contributed by atoms with Crippen LogP contribution in [0.25, 0.3) is 10.3 Å². The van der Waals surface area contributed by atoms with E-state index in [0.29, 0.717) is 45.1 Å². The summed E-state index contributed by atoms with van der Waals surface area (Å²) < 4.78 is 11.5. The zero-order valence-corrected chi connectivity index (χ0v) is 20.4. The van der Waals surface area contributed by atoms with E-state index < -0.39 is 6.16 Å². The van der Waals surface area contributed by atoms with Gasteiger partial charge in [0, 0.05) is 6.42 Å². The van der Waals surface area contributed by atoms with Crippen LogP contribution >= 0.6 is 11.3 Å². The molecule has 4 rings (SSSR count).